The average molecular weight is 317 g/mol. The molecule has 2 rings (SSSR count). The van der Waals surface area contributed by atoms with Gasteiger partial charge in [-0.3, -0.25) is 9.59 Å². The number of amides is 1. The first-order valence-corrected chi connectivity index (χ1v) is 7.85. The summed E-state index contributed by atoms with van der Waals surface area (Å²) in [7, 11) is 0. The maximum absolute atomic E-state index is 12.3. The summed E-state index contributed by atoms with van der Waals surface area (Å²) in [5, 5.41) is 4.65. The van der Waals surface area contributed by atoms with Gasteiger partial charge in [0, 0.05) is 17.5 Å². The zero-order chi connectivity index (χ0) is 16.2. The number of benzene rings is 1. The van der Waals surface area contributed by atoms with Gasteiger partial charge in [0.15, 0.2) is 0 Å². The Morgan fingerprint density at radius 2 is 2.00 bits per heavy atom. The molecule has 1 amide bonds. The summed E-state index contributed by atoms with van der Waals surface area (Å²) in [5.41, 5.74) is 0.865. The lowest BCUT2D eigenvalue weighted by Crippen LogP contribution is -2.30. The lowest BCUT2D eigenvalue weighted by molar-refractivity contribution is -0.150. The Kier molecular flexibility index (Phi) is 4.98. The van der Waals surface area contributed by atoms with E-state index in [1.165, 1.54) is 6.92 Å². The summed E-state index contributed by atoms with van der Waals surface area (Å²) >= 11 is 1.54. The molecule has 0 saturated heterocycles. The van der Waals surface area contributed by atoms with E-state index in [1.54, 1.807) is 23.5 Å². The van der Waals surface area contributed by atoms with E-state index < -0.39 is 5.41 Å². The first-order valence-electron chi connectivity index (χ1n) is 6.97. The Morgan fingerprint density at radius 1 is 1.23 bits per heavy atom. The Morgan fingerprint density at radius 3 is 2.64 bits per heavy atom. The number of rotatable bonds is 5. The van der Waals surface area contributed by atoms with Gasteiger partial charge >= 0.3 is 5.97 Å². The van der Waals surface area contributed by atoms with Gasteiger partial charge in [-0.15, -0.1) is 11.3 Å². The molecule has 1 N–H and O–H groups in total. The van der Waals surface area contributed by atoms with Crippen molar-refractivity contribution in [2.75, 3.05) is 5.32 Å². The van der Waals surface area contributed by atoms with Gasteiger partial charge < -0.3 is 10.1 Å². The fourth-order valence-electron chi connectivity index (χ4n) is 2.01. The van der Waals surface area contributed by atoms with Crippen LogP contribution in [0.2, 0.25) is 0 Å². The van der Waals surface area contributed by atoms with Crippen molar-refractivity contribution in [1.82, 2.24) is 0 Å². The van der Waals surface area contributed by atoms with Crippen molar-refractivity contribution >= 4 is 28.9 Å². The number of hydrogen-bond donors (Lipinski definition) is 1. The first-order chi connectivity index (χ1) is 10.4. The quantitative estimate of drug-likeness (QED) is 0.855. The molecule has 0 unspecified atom stereocenters. The minimum atomic E-state index is -0.663. The summed E-state index contributed by atoms with van der Waals surface area (Å²) in [6, 6.07) is 11.1. The Hall–Kier alpha value is -2.14. The maximum Gasteiger partial charge on any atom is 0.317 e. The van der Waals surface area contributed by atoms with Gasteiger partial charge in [0.1, 0.15) is 6.61 Å². The molecule has 0 aliphatic heterocycles. The van der Waals surface area contributed by atoms with Crippen LogP contribution in [0, 0.1) is 0 Å². The second kappa shape index (κ2) is 6.75. The topological polar surface area (TPSA) is 55.4 Å². The van der Waals surface area contributed by atoms with Crippen LogP contribution in [0.25, 0.3) is 0 Å². The van der Waals surface area contributed by atoms with E-state index in [2.05, 4.69) is 5.32 Å². The number of esters is 1. The number of thiophene rings is 1. The van der Waals surface area contributed by atoms with Crippen molar-refractivity contribution in [3.8, 4) is 0 Å². The molecule has 0 aliphatic rings. The molecule has 0 saturated carbocycles. The van der Waals surface area contributed by atoms with Crippen molar-refractivity contribution in [3.05, 3.63) is 52.2 Å². The number of anilines is 1. The van der Waals surface area contributed by atoms with Crippen molar-refractivity contribution in [2.24, 2.45) is 0 Å². The number of carbonyl (C=O) groups excluding carboxylic acids is 2. The Labute approximate surface area is 134 Å². The Bertz CT molecular complexity index is 662. The summed E-state index contributed by atoms with van der Waals surface area (Å²) in [6.07, 6.45) is 0. The largest absolute Gasteiger partial charge is 0.460 e. The molecule has 0 atom stereocenters. The van der Waals surface area contributed by atoms with E-state index in [0.29, 0.717) is 5.69 Å². The van der Waals surface area contributed by atoms with Crippen LogP contribution in [0.1, 0.15) is 31.2 Å². The maximum atomic E-state index is 12.3. The number of hydrogen-bond acceptors (Lipinski definition) is 4. The minimum Gasteiger partial charge on any atom is -0.460 e. The van der Waals surface area contributed by atoms with E-state index in [0.717, 1.165) is 10.4 Å². The van der Waals surface area contributed by atoms with Crippen LogP contribution >= 0.6 is 11.3 Å². The normalized spacial score (nSPS) is 11.0. The fourth-order valence-corrected chi connectivity index (χ4v) is 2.85. The van der Waals surface area contributed by atoms with Crippen LogP contribution in [0.3, 0.4) is 0 Å². The monoisotopic (exact) mass is 317 g/mol. The highest BCUT2D eigenvalue weighted by Crippen LogP contribution is 2.29. The molecule has 2 aromatic rings. The van der Waals surface area contributed by atoms with Crippen LogP contribution in [-0.4, -0.2) is 11.9 Å². The van der Waals surface area contributed by atoms with Gasteiger partial charge in [0.2, 0.25) is 5.91 Å². The van der Waals surface area contributed by atoms with Crippen LogP contribution < -0.4 is 5.32 Å². The van der Waals surface area contributed by atoms with Gasteiger partial charge in [-0.05, 0) is 43.0 Å². The summed E-state index contributed by atoms with van der Waals surface area (Å²) in [6.45, 7) is 5.35. The molecule has 1 aromatic heterocycles. The highest BCUT2D eigenvalue weighted by Gasteiger charge is 2.32. The smallest absolute Gasteiger partial charge is 0.317 e. The van der Waals surface area contributed by atoms with E-state index in [9.17, 15) is 9.59 Å². The molecule has 22 heavy (non-hydrogen) atoms. The van der Waals surface area contributed by atoms with Crippen LogP contribution in [0.15, 0.2) is 41.8 Å². The molecule has 116 valence electrons. The minimum absolute atomic E-state index is 0.132. The third-order valence-electron chi connectivity index (χ3n) is 3.26. The number of carbonyl (C=O) groups is 2. The lowest BCUT2D eigenvalue weighted by atomic mass is 9.92. The average Bonchev–Trinajstić information content (AvgIpc) is 2.99. The molecule has 5 heteroatoms. The molecule has 0 fully saturated rings. The highest BCUT2D eigenvalue weighted by atomic mass is 32.1. The second-order valence-electron chi connectivity index (χ2n) is 5.56. The molecule has 1 aromatic carbocycles. The molecule has 1 heterocycles. The van der Waals surface area contributed by atoms with Gasteiger partial charge in [0.05, 0.1) is 5.41 Å². The molecule has 0 radical (unpaired) electrons. The number of nitrogens with one attached hydrogen (secondary N) is 1. The summed E-state index contributed by atoms with van der Waals surface area (Å²) in [4.78, 5) is 24.3. The third-order valence-corrected chi connectivity index (χ3v) is 4.46. The fraction of sp³-hybridized carbons (Fsp3) is 0.294. The van der Waals surface area contributed by atoms with E-state index in [1.807, 2.05) is 43.5 Å². The molecule has 4 nitrogen and oxygen atoms in total. The van der Waals surface area contributed by atoms with Gasteiger partial charge in [-0.25, -0.2) is 0 Å². The zero-order valence-corrected chi connectivity index (χ0v) is 13.7. The third kappa shape index (κ3) is 3.95. The molecular formula is C17H19NO3S. The second-order valence-corrected chi connectivity index (χ2v) is 6.51. The van der Waals surface area contributed by atoms with E-state index >= 15 is 0 Å². The number of ether oxygens (including phenoxy) is 1. The van der Waals surface area contributed by atoms with Crippen molar-refractivity contribution in [3.63, 3.8) is 0 Å². The highest BCUT2D eigenvalue weighted by molar-refractivity contribution is 7.10. The molecule has 0 aliphatic carbocycles. The zero-order valence-electron chi connectivity index (χ0n) is 12.9. The molecular weight excluding hydrogens is 298 g/mol. The van der Waals surface area contributed by atoms with E-state index in [-0.39, 0.29) is 18.5 Å². The van der Waals surface area contributed by atoms with Crippen molar-refractivity contribution < 1.29 is 14.3 Å². The predicted octanol–water partition coefficient (Wildman–Crippen LogP) is 3.73. The van der Waals surface area contributed by atoms with Crippen molar-refractivity contribution in [2.45, 2.75) is 32.8 Å². The van der Waals surface area contributed by atoms with Crippen LogP contribution in [-0.2, 0) is 26.3 Å². The Balaban J connectivity index is 2.01. The summed E-state index contributed by atoms with van der Waals surface area (Å²) < 4.78 is 5.43. The van der Waals surface area contributed by atoms with Crippen molar-refractivity contribution in [1.29, 1.82) is 0 Å². The predicted molar refractivity (Wildman–Crippen MR) is 87.9 cm³/mol. The standard InChI is InChI=1S/C17H19NO3S/c1-12(19)18-14-7-4-6-13(10-14)11-21-16(20)17(2,3)15-8-5-9-22-15/h4-10H,11H2,1-3H3,(H,18,19). The lowest BCUT2D eigenvalue weighted by Gasteiger charge is -2.21. The first kappa shape index (κ1) is 16.2. The van der Waals surface area contributed by atoms with Gasteiger partial charge in [-0.1, -0.05) is 18.2 Å². The van der Waals surface area contributed by atoms with Crippen LogP contribution in [0.4, 0.5) is 5.69 Å². The molecule has 0 bridgehead atoms. The van der Waals surface area contributed by atoms with Crippen LogP contribution in [0.5, 0.6) is 0 Å². The SMILES string of the molecule is CC(=O)Nc1cccc(COC(=O)C(C)(C)c2cccs2)c1. The molecule has 0 spiro atoms. The van der Waals surface area contributed by atoms with Gasteiger partial charge in [0.25, 0.3) is 0 Å². The van der Waals surface area contributed by atoms with E-state index in [4.69, 9.17) is 4.74 Å². The van der Waals surface area contributed by atoms with Gasteiger partial charge in [-0.2, -0.15) is 0 Å². The summed E-state index contributed by atoms with van der Waals surface area (Å²) in [5.74, 6) is -0.396.